The molecule has 1 aromatic carbocycles. The van der Waals surface area contributed by atoms with E-state index in [0.717, 1.165) is 21.7 Å². The van der Waals surface area contributed by atoms with Gasteiger partial charge in [0.15, 0.2) is 0 Å². The number of hydrogen-bond donors (Lipinski definition) is 0. The number of nitrogens with zero attached hydrogens (tertiary/aromatic N) is 1. The number of aromatic nitrogens is 1. The summed E-state index contributed by atoms with van der Waals surface area (Å²) >= 11 is 1.71. The number of fused-ring (bicyclic) bond motifs is 1. The summed E-state index contributed by atoms with van der Waals surface area (Å²) in [5, 5.41) is 1.15. The Kier molecular flexibility index (Phi) is 2.53. The van der Waals surface area contributed by atoms with Crippen LogP contribution in [0, 0.1) is 0 Å². The summed E-state index contributed by atoms with van der Waals surface area (Å²) in [5.41, 5.74) is 0.963. The molecule has 0 saturated carbocycles. The van der Waals surface area contributed by atoms with Crippen LogP contribution in [0.15, 0.2) is 48.7 Å². The predicted octanol–water partition coefficient (Wildman–Crippen LogP) is 3.97. The molecule has 0 aliphatic carbocycles. The molecule has 3 heteroatoms. The zero-order chi connectivity index (χ0) is 11.7. The molecular formula is C14H11NOS. The Morgan fingerprint density at radius 3 is 2.65 bits per heavy atom. The van der Waals surface area contributed by atoms with E-state index in [1.807, 2.05) is 30.3 Å². The number of methoxy groups -OCH3 is 1. The smallest absolute Gasteiger partial charge is 0.146 e. The lowest BCUT2D eigenvalue weighted by molar-refractivity contribution is 0.422. The van der Waals surface area contributed by atoms with Gasteiger partial charge in [-0.2, -0.15) is 0 Å². The van der Waals surface area contributed by atoms with E-state index in [4.69, 9.17) is 4.74 Å². The van der Waals surface area contributed by atoms with E-state index in [1.54, 1.807) is 24.6 Å². The maximum absolute atomic E-state index is 5.52. The Morgan fingerprint density at radius 2 is 1.88 bits per heavy atom. The first-order chi connectivity index (χ1) is 8.40. The molecule has 3 aromatic rings. The lowest BCUT2D eigenvalue weighted by Crippen LogP contribution is -1.85. The summed E-state index contributed by atoms with van der Waals surface area (Å²) in [6, 6.07) is 14.2. The number of rotatable bonds is 2. The highest BCUT2D eigenvalue weighted by atomic mass is 32.1. The van der Waals surface area contributed by atoms with Crippen molar-refractivity contribution in [3.05, 3.63) is 48.7 Å². The fraction of sp³-hybridized carbons (Fsp3) is 0.0714. The Morgan fingerprint density at radius 1 is 1.06 bits per heavy atom. The monoisotopic (exact) mass is 241 g/mol. The lowest BCUT2D eigenvalue weighted by atomic mass is 10.2. The van der Waals surface area contributed by atoms with Crippen LogP contribution in [0.3, 0.4) is 0 Å². The second-order valence-electron chi connectivity index (χ2n) is 3.68. The van der Waals surface area contributed by atoms with Gasteiger partial charge >= 0.3 is 0 Å². The molecule has 84 valence electrons. The molecule has 2 nitrogen and oxygen atoms in total. The average Bonchev–Trinajstić information content (AvgIpc) is 2.78. The van der Waals surface area contributed by atoms with Gasteiger partial charge in [-0.1, -0.05) is 18.2 Å². The quantitative estimate of drug-likeness (QED) is 0.677. The molecule has 0 saturated heterocycles. The third kappa shape index (κ3) is 1.68. The van der Waals surface area contributed by atoms with Gasteiger partial charge in [-0.15, -0.1) is 11.3 Å². The zero-order valence-corrected chi connectivity index (χ0v) is 10.2. The van der Waals surface area contributed by atoms with E-state index in [9.17, 15) is 0 Å². The third-order valence-corrected chi connectivity index (χ3v) is 3.83. The van der Waals surface area contributed by atoms with Crippen LogP contribution in [0.5, 0.6) is 5.75 Å². The second-order valence-corrected chi connectivity index (χ2v) is 4.73. The van der Waals surface area contributed by atoms with Gasteiger partial charge in [-0.25, -0.2) is 0 Å². The van der Waals surface area contributed by atoms with Gasteiger partial charge in [0.1, 0.15) is 5.75 Å². The van der Waals surface area contributed by atoms with E-state index in [-0.39, 0.29) is 0 Å². The number of benzene rings is 1. The lowest BCUT2D eigenvalue weighted by Gasteiger charge is -2.01. The van der Waals surface area contributed by atoms with Crippen molar-refractivity contribution < 1.29 is 4.74 Å². The van der Waals surface area contributed by atoms with Crippen molar-refractivity contribution in [1.82, 2.24) is 4.98 Å². The average molecular weight is 241 g/mol. The molecule has 0 atom stereocenters. The topological polar surface area (TPSA) is 22.1 Å². The van der Waals surface area contributed by atoms with Crippen LogP contribution in [0.25, 0.3) is 20.7 Å². The van der Waals surface area contributed by atoms with Gasteiger partial charge in [0.05, 0.1) is 17.7 Å². The summed E-state index contributed by atoms with van der Waals surface area (Å²) in [5.74, 6) is 0.921. The fourth-order valence-electron chi connectivity index (χ4n) is 1.89. The minimum atomic E-state index is 0.921. The summed E-state index contributed by atoms with van der Waals surface area (Å²) in [7, 11) is 1.71. The Balaban J connectivity index is 2.30. The Labute approximate surface area is 104 Å². The van der Waals surface area contributed by atoms with Crippen molar-refractivity contribution in [1.29, 1.82) is 0 Å². The number of hydrogen-bond acceptors (Lipinski definition) is 3. The van der Waals surface area contributed by atoms with Crippen LogP contribution in [0.2, 0.25) is 0 Å². The molecule has 3 rings (SSSR count). The van der Waals surface area contributed by atoms with Gasteiger partial charge in [0.2, 0.25) is 0 Å². The molecule has 0 fully saturated rings. The van der Waals surface area contributed by atoms with Gasteiger partial charge in [0.25, 0.3) is 0 Å². The zero-order valence-electron chi connectivity index (χ0n) is 9.38. The van der Waals surface area contributed by atoms with Gasteiger partial charge < -0.3 is 4.74 Å². The van der Waals surface area contributed by atoms with Crippen LogP contribution in [-0.2, 0) is 0 Å². The minimum absolute atomic E-state index is 0.921. The van der Waals surface area contributed by atoms with Gasteiger partial charge in [-0.05, 0) is 24.3 Å². The van der Waals surface area contributed by atoms with Crippen molar-refractivity contribution in [2.75, 3.05) is 7.11 Å². The van der Waals surface area contributed by atoms with Crippen molar-refractivity contribution in [3.63, 3.8) is 0 Å². The summed E-state index contributed by atoms with van der Waals surface area (Å²) in [6.45, 7) is 0. The maximum atomic E-state index is 5.52. The van der Waals surface area contributed by atoms with Crippen molar-refractivity contribution >= 4 is 21.4 Å². The second kappa shape index (κ2) is 4.18. The molecular weight excluding hydrogens is 230 g/mol. The minimum Gasteiger partial charge on any atom is -0.495 e. The Bertz CT molecular complexity index is 646. The van der Waals surface area contributed by atoms with Crippen LogP contribution in [0.1, 0.15) is 0 Å². The summed E-state index contributed by atoms with van der Waals surface area (Å²) in [6.07, 6.45) is 1.80. The van der Waals surface area contributed by atoms with Crippen molar-refractivity contribution in [2.24, 2.45) is 0 Å². The predicted molar refractivity (Wildman–Crippen MR) is 71.6 cm³/mol. The number of pyridine rings is 1. The van der Waals surface area contributed by atoms with E-state index < -0.39 is 0 Å². The highest BCUT2D eigenvalue weighted by Gasteiger charge is 2.14. The van der Waals surface area contributed by atoms with E-state index in [0.29, 0.717) is 0 Å². The third-order valence-electron chi connectivity index (χ3n) is 2.65. The normalized spacial score (nSPS) is 10.6. The first kappa shape index (κ1) is 10.3. The molecule has 2 aromatic heterocycles. The largest absolute Gasteiger partial charge is 0.495 e. The molecule has 0 unspecified atom stereocenters. The highest BCUT2D eigenvalue weighted by molar-refractivity contribution is 7.22. The SMILES string of the molecule is COc1c(-c2ccccn2)sc2ccccc12. The molecule has 2 heterocycles. The highest BCUT2D eigenvalue weighted by Crippen LogP contribution is 2.43. The summed E-state index contributed by atoms with van der Waals surface area (Å²) in [4.78, 5) is 5.48. The molecule has 0 amide bonds. The van der Waals surface area contributed by atoms with Crippen molar-refractivity contribution in [2.45, 2.75) is 0 Å². The van der Waals surface area contributed by atoms with Crippen molar-refractivity contribution in [3.8, 4) is 16.3 Å². The first-order valence-electron chi connectivity index (χ1n) is 5.37. The number of ether oxygens (including phenoxy) is 1. The number of thiophene rings is 1. The van der Waals surface area contributed by atoms with E-state index in [2.05, 4.69) is 17.1 Å². The summed E-state index contributed by atoms with van der Waals surface area (Å²) < 4.78 is 6.75. The molecule has 17 heavy (non-hydrogen) atoms. The van der Waals surface area contributed by atoms with Crippen LogP contribution in [0.4, 0.5) is 0 Å². The van der Waals surface area contributed by atoms with Crippen LogP contribution in [-0.4, -0.2) is 12.1 Å². The first-order valence-corrected chi connectivity index (χ1v) is 6.18. The van der Waals surface area contributed by atoms with Gasteiger partial charge in [-0.3, -0.25) is 4.98 Å². The molecule has 0 spiro atoms. The molecule has 0 N–H and O–H groups in total. The maximum Gasteiger partial charge on any atom is 0.146 e. The standard InChI is InChI=1S/C14H11NOS/c1-16-13-10-6-2-3-8-12(10)17-14(13)11-7-4-5-9-15-11/h2-9H,1H3. The van der Waals surface area contributed by atoms with E-state index in [1.165, 1.54) is 4.70 Å². The Hall–Kier alpha value is -1.87. The van der Waals surface area contributed by atoms with Crippen LogP contribution < -0.4 is 4.74 Å². The molecule has 0 aliphatic heterocycles. The van der Waals surface area contributed by atoms with Gasteiger partial charge in [0, 0.05) is 16.3 Å². The fourth-order valence-corrected chi connectivity index (χ4v) is 3.04. The van der Waals surface area contributed by atoms with Crippen LogP contribution >= 0.6 is 11.3 Å². The molecule has 0 aliphatic rings. The molecule has 0 radical (unpaired) electrons. The molecule has 0 bridgehead atoms. The van der Waals surface area contributed by atoms with E-state index >= 15 is 0 Å².